The summed E-state index contributed by atoms with van der Waals surface area (Å²) in [6, 6.07) is 3.94. The Kier molecular flexibility index (Phi) is 7.87. The highest BCUT2D eigenvalue weighted by Crippen LogP contribution is 2.13. The lowest BCUT2D eigenvalue weighted by Gasteiger charge is -2.29. The first-order valence-electron chi connectivity index (χ1n) is 9.00. The number of carbonyl (C=O) groups excluding carboxylic acids is 1. The Morgan fingerprint density at radius 1 is 1.22 bits per heavy atom. The highest BCUT2D eigenvalue weighted by molar-refractivity contribution is 5.80. The van der Waals surface area contributed by atoms with Crippen LogP contribution in [0.25, 0.3) is 0 Å². The molecule has 1 aromatic heterocycles. The standard InChI is InChI=1S/C19H34N6O2/c1-18(2,3)27-17(26)24-19(4,5)13-23-16(20-6)22-12-14-10-9-11-21-15(14)25(7)8/h9-11H,12-13H2,1-8H3,(H,24,26)(H2,20,22,23). The van der Waals surface area contributed by atoms with Crippen molar-refractivity contribution in [2.45, 2.75) is 52.3 Å². The van der Waals surface area contributed by atoms with E-state index in [-0.39, 0.29) is 0 Å². The summed E-state index contributed by atoms with van der Waals surface area (Å²) in [5.74, 6) is 1.55. The van der Waals surface area contributed by atoms with Crippen molar-refractivity contribution < 1.29 is 9.53 Å². The number of rotatable bonds is 6. The van der Waals surface area contributed by atoms with Crippen LogP contribution in [0.5, 0.6) is 0 Å². The number of hydrogen-bond acceptors (Lipinski definition) is 5. The summed E-state index contributed by atoms with van der Waals surface area (Å²) >= 11 is 0. The van der Waals surface area contributed by atoms with Gasteiger partial charge in [0.25, 0.3) is 0 Å². The van der Waals surface area contributed by atoms with Crippen LogP contribution in [0.1, 0.15) is 40.2 Å². The van der Waals surface area contributed by atoms with Gasteiger partial charge in [-0.1, -0.05) is 6.07 Å². The third-order valence-corrected chi connectivity index (χ3v) is 3.50. The zero-order chi connectivity index (χ0) is 20.7. The summed E-state index contributed by atoms with van der Waals surface area (Å²) in [5.41, 5.74) is 0.0267. The second-order valence-corrected chi connectivity index (χ2v) is 8.17. The van der Waals surface area contributed by atoms with E-state index in [0.29, 0.717) is 19.0 Å². The number of pyridine rings is 1. The van der Waals surface area contributed by atoms with E-state index in [4.69, 9.17) is 4.74 Å². The minimum absolute atomic E-state index is 0.441. The summed E-state index contributed by atoms with van der Waals surface area (Å²) in [4.78, 5) is 22.6. The fraction of sp³-hybridized carbons (Fsp3) is 0.632. The van der Waals surface area contributed by atoms with Crippen molar-refractivity contribution >= 4 is 17.9 Å². The van der Waals surface area contributed by atoms with E-state index in [1.807, 2.05) is 65.7 Å². The minimum Gasteiger partial charge on any atom is -0.444 e. The monoisotopic (exact) mass is 378 g/mol. The number of amides is 1. The van der Waals surface area contributed by atoms with Crippen LogP contribution in [0.15, 0.2) is 23.3 Å². The molecule has 0 aliphatic heterocycles. The molecule has 8 nitrogen and oxygen atoms in total. The molecule has 0 unspecified atom stereocenters. The molecule has 0 spiro atoms. The predicted octanol–water partition coefficient (Wildman–Crippen LogP) is 2.12. The Labute approximate surface area is 162 Å². The number of nitrogens with one attached hydrogen (secondary N) is 3. The lowest BCUT2D eigenvalue weighted by molar-refractivity contribution is 0.0474. The topological polar surface area (TPSA) is 90.9 Å². The van der Waals surface area contributed by atoms with E-state index in [2.05, 4.69) is 25.9 Å². The molecule has 0 aromatic carbocycles. The van der Waals surface area contributed by atoms with E-state index in [9.17, 15) is 4.79 Å². The van der Waals surface area contributed by atoms with Crippen LogP contribution >= 0.6 is 0 Å². The zero-order valence-electron chi connectivity index (χ0n) is 17.8. The van der Waals surface area contributed by atoms with Gasteiger partial charge in [-0.15, -0.1) is 0 Å². The number of nitrogens with zero attached hydrogens (tertiary/aromatic N) is 3. The van der Waals surface area contributed by atoms with Gasteiger partial charge >= 0.3 is 6.09 Å². The molecule has 0 fully saturated rings. The maximum atomic E-state index is 12.0. The van der Waals surface area contributed by atoms with Crippen molar-refractivity contribution in [3.8, 4) is 0 Å². The average molecular weight is 379 g/mol. The van der Waals surface area contributed by atoms with Gasteiger partial charge in [-0.25, -0.2) is 9.78 Å². The molecule has 152 valence electrons. The largest absolute Gasteiger partial charge is 0.444 e. The number of alkyl carbamates (subject to hydrolysis) is 1. The van der Waals surface area contributed by atoms with Gasteiger partial charge in [-0.05, 0) is 40.7 Å². The van der Waals surface area contributed by atoms with Crippen LogP contribution in [0.3, 0.4) is 0 Å². The molecule has 1 heterocycles. The summed E-state index contributed by atoms with van der Waals surface area (Å²) in [6.45, 7) is 10.4. The van der Waals surface area contributed by atoms with Crippen LogP contribution < -0.4 is 20.9 Å². The second kappa shape index (κ2) is 9.43. The Balaban J connectivity index is 2.58. The first-order valence-corrected chi connectivity index (χ1v) is 9.00. The van der Waals surface area contributed by atoms with Gasteiger partial charge in [-0.2, -0.15) is 0 Å². The highest BCUT2D eigenvalue weighted by Gasteiger charge is 2.24. The van der Waals surface area contributed by atoms with E-state index >= 15 is 0 Å². The molecule has 0 aliphatic rings. The average Bonchev–Trinajstić information content (AvgIpc) is 2.52. The normalized spacial score (nSPS) is 12.4. The molecule has 0 bridgehead atoms. The molecule has 0 atom stereocenters. The van der Waals surface area contributed by atoms with Gasteiger partial charge in [0.1, 0.15) is 11.4 Å². The number of anilines is 1. The molecule has 0 saturated carbocycles. The molecular weight excluding hydrogens is 344 g/mol. The molecule has 1 amide bonds. The third kappa shape index (κ3) is 8.61. The molecule has 0 saturated heterocycles. The van der Waals surface area contributed by atoms with Crippen LogP contribution in [-0.4, -0.2) is 55.9 Å². The highest BCUT2D eigenvalue weighted by atomic mass is 16.6. The zero-order valence-corrected chi connectivity index (χ0v) is 17.8. The van der Waals surface area contributed by atoms with Gasteiger partial charge in [0.15, 0.2) is 5.96 Å². The lowest BCUT2D eigenvalue weighted by atomic mass is 10.1. The maximum Gasteiger partial charge on any atom is 0.408 e. The molecule has 3 N–H and O–H groups in total. The maximum absolute atomic E-state index is 12.0. The molecule has 27 heavy (non-hydrogen) atoms. The fourth-order valence-corrected chi connectivity index (χ4v) is 2.30. The van der Waals surface area contributed by atoms with E-state index in [0.717, 1.165) is 11.4 Å². The molecule has 8 heteroatoms. The number of ether oxygens (including phenoxy) is 1. The number of hydrogen-bond donors (Lipinski definition) is 3. The number of carbonyl (C=O) groups is 1. The Morgan fingerprint density at radius 3 is 2.44 bits per heavy atom. The quantitative estimate of drug-likeness (QED) is 0.519. The van der Waals surface area contributed by atoms with Crippen molar-refractivity contribution in [1.82, 2.24) is 20.9 Å². The van der Waals surface area contributed by atoms with E-state index < -0.39 is 17.2 Å². The van der Waals surface area contributed by atoms with Crippen LogP contribution in [-0.2, 0) is 11.3 Å². The van der Waals surface area contributed by atoms with E-state index in [1.165, 1.54) is 0 Å². The van der Waals surface area contributed by atoms with Gasteiger partial charge in [0.05, 0.1) is 5.54 Å². The predicted molar refractivity (Wildman–Crippen MR) is 110 cm³/mol. The van der Waals surface area contributed by atoms with Gasteiger partial charge < -0.3 is 25.6 Å². The van der Waals surface area contributed by atoms with Gasteiger partial charge in [-0.3, -0.25) is 4.99 Å². The first-order chi connectivity index (χ1) is 12.4. The fourth-order valence-electron chi connectivity index (χ4n) is 2.30. The molecule has 1 aromatic rings. The molecule has 1 rings (SSSR count). The number of aromatic nitrogens is 1. The Morgan fingerprint density at radius 2 is 1.89 bits per heavy atom. The third-order valence-electron chi connectivity index (χ3n) is 3.50. The smallest absolute Gasteiger partial charge is 0.408 e. The SMILES string of the molecule is CN=C(NCc1cccnc1N(C)C)NCC(C)(C)NC(=O)OC(C)(C)C. The van der Waals surface area contributed by atoms with Crippen molar-refractivity contribution in [2.75, 3.05) is 32.6 Å². The van der Waals surface area contributed by atoms with Gasteiger partial charge in [0.2, 0.25) is 0 Å². The van der Waals surface area contributed by atoms with Crippen molar-refractivity contribution in [3.63, 3.8) is 0 Å². The second-order valence-electron chi connectivity index (χ2n) is 8.17. The first kappa shape index (κ1) is 22.5. The number of aliphatic imine (C=N–C) groups is 1. The van der Waals surface area contributed by atoms with Crippen LogP contribution in [0, 0.1) is 0 Å². The van der Waals surface area contributed by atoms with Gasteiger partial charge in [0, 0.05) is 46.0 Å². The Hall–Kier alpha value is -2.51. The minimum atomic E-state index is -0.529. The molecular formula is C19H34N6O2. The summed E-state index contributed by atoms with van der Waals surface area (Å²) < 4.78 is 5.31. The number of guanidine groups is 1. The summed E-state index contributed by atoms with van der Waals surface area (Å²) in [6.07, 6.45) is 1.33. The Bertz CT molecular complexity index is 650. The lowest BCUT2D eigenvalue weighted by Crippen LogP contribution is -2.54. The molecule has 0 aliphatic carbocycles. The van der Waals surface area contributed by atoms with Crippen molar-refractivity contribution in [1.29, 1.82) is 0 Å². The molecule has 0 radical (unpaired) electrons. The van der Waals surface area contributed by atoms with Crippen molar-refractivity contribution in [3.05, 3.63) is 23.9 Å². The summed E-state index contributed by atoms with van der Waals surface area (Å²) in [5, 5.41) is 9.37. The van der Waals surface area contributed by atoms with E-state index in [1.54, 1.807) is 13.2 Å². The summed E-state index contributed by atoms with van der Waals surface area (Å²) in [7, 11) is 5.63. The van der Waals surface area contributed by atoms with Crippen LogP contribution in [0.2, 0.25) is 0 Å². The van der Waals surface area contributed by atoms with Crippen molar-refractivity contribution in [2.24, 2.45) is 4.99 Å². The van der Waals surface area contributed by atoms with Crippen LogP contribution in [0.4, 0.5) is 10.6 Å².